The lowest BCUT2D eigenvalue weighted by Crippen LogP contribution is -2.23. The first-order valence-electron chi connectivity index (χ1n) is 8.82. The van der Waals surface area contributed by atoms with E-state index >= 15 is 0 Å². The fourth-order valence-corrected chi connectivity index (χ4v) is 5.69. The van der Waals surface area contributed by atoms with Crippen LogP contribution < -0.4 is 14.8 Å². The summed E-state index contributed by atoms with van der Waals surface area (Å²) < 4.78 is 51.4. The number of nitrogens with one attached hydrogen (secondary N) is 1. The van der Waals surface area contributed by atoms with Crippen LogP contribution in [0.1, 0.15) is 5.01 Å². The molecule has 3 aromatic rings. The summed E-state index contributed by atoms with van der Waals surface area (Å²) in [6.07, 6.45) is 0.159. The molecule has 0 atom stereocenters. The number of benzene rings is 1. The van der Waals surface area contributed by atoms with Crippen molar-refractivity contribution >= 4 is 27.3 Å². The van der Waals surface area contributed by atoms with E-state index in [0.29, 0.717) is 10.8 Å². The molecule has 2 aromatic heterocycles. The fraction of sp³-hybridized carbons (Fsp3) is 0.211. The van der Waals surface area contributed by atoms with E-state index in [2.05, 4.69) is 15.3 Å². The van der Waals surface area contributed by atoms with Gasteiger partial charge in [0, 0.05) is 25.2 Å². The molecule has 1 amide bonds. The standard InChI is InChI=1S/C19H18FN3O6S2/c1-28-13-6-5-11(10-14(13)29-2)31(26,27)18-16(12-4-3-8-21-17(12)20)23-15(30-18)7-9-22-19(24)25/h3-6,8,10,22H,7,9H2,1-2H3,(H,24,25). The molecule has 2 heterocycles. The minimum Gasteiger partial charge on any atom is -0.493 e. The van der Waals surface area contributed by atoms with Crippen molar-refractivity contribution in [1.29, 1.82) is 0 Å². The number of rotatable bonds is 8. The summed E-state index contributed by atoms with van der Waals surface area (Å²) in [5, 5.41) is 11.2. The van der Waals surface area contributed by atoms with Crippen molar-refractivity contribution in [1.82, 2.24) is 15.3 Å². The molecule has 0 saturated heterocycles. The number of halogens is 1. The lowest BCUT2D eigenvalue weighted by Gasteiger charge is -2.10. The van der Waals surface area contributed by atoms with Crippen LogP contribution in [0.2, 0.25) is 0 Å². The van der Waals surface area contributed by atoms with Crippen LogP contribution in [0.15, 0.2) is 45.6 Å². The van der Waals surface area contributed by atoms with E-state index in [1.165, 1.54) is 50.7 Å². The molecule has 2 N–H and O–H groups in total. The quantitative estimate of drug-likeness (QED) is 0.484. The summed E-state index contributed by atoms with van der Waals surface area (Å²) in [5.41, 5.74) is -0.161. The van der Waals surface area contributed by atoms with Gasteiger partial charge in [-0.05, 0) is 24.3 Å². The number of carboxylic acid groups (broad SMARTS) is 1. The molecule has 1 aromatic carbocycles. The molecule has 9 nitrogen and oxygen atoms in total. The summed E-state index contributed by atoms with van der Waals surface area (Å²) in [4.78, 5) is 18.4. The van der Waals surface area contributed by atoms with Crippen LogP contribution >= 0.6 is 11.3 Å². The monoisotopic (exact) mass is 467 g/mol. The largest absolute Gasteiger partial charge is 0.493 e. The van der Waals surface area contributed by atoms with E-state index in [1.807, 2.05) is 0 Å². The Morgan fingerprint density at radius 1 is 1.23 bits per heavy atom. The second-order valence-corrected chi connectivity index (χ2v) is 9.32. The van der Waals surface area contributed by atoms with Crippen molar-refractivity contribution in [3.05, 3.63) is 47.5 Å². The van der Waals surface area contributed by atoms with Crippen LogP contribution in [0.5, 0.6) is 11.5 Å². The molecule has 0 aliphatic heterocycles. The first kappa shape index (κ1) is 22.4. The Balaban J connectivity index is 2.12. The van der Waals surface area contributed by atoms with Gasteiger partial charge in [-0.1, -0.05) is 0 Å². The van der Waals surface area contributed by atoms with Crippen molar-refractivity contribution in [2.75, 3.05) is 20.8 Å². The molecular formula is C19H18FN3O6S2. The minimum absolute atomic E-state index is 0.0215. The van der Waals surface area contributed by atoms with E-state index in [-0.39, 0.29) is 39.1 Å². The third-order valence-corrected chi connectivity index (χ3v) is 7.55. The van der Waals surface area contributed by atoms with E-state index in [4.69, 9.17) is 14.6 Å². The van der Waals surface area contributed by atoms with Gasteiger partial charge in [0.2, 0.25) is 15.8 Å². The number of methoxy groups -OCH3 is 2. The smallest absolute Gasteiger partial charge is 0.404 e. The second-order valence-electron chi connectivity index (χ2n) is 6.09. The molecule has 3 rings (SSSR count). The van der Waals surface area contributed by atoms with Gasteiger partial charge in [-0.25, -0.2) is 23.2 Å². The molecule has 0 radical (unpaired) electrons. The van der Waals surface area contributed by atoms with Gasteiger partial charge in [0.05, 0.1) is 29.7 Å². The topological polar surface area (TPSA) is 128 Å². The Hall–Kier alpha value is -3.25. The number of hydrogen-bond acceptors (Lipinski definition) is 8. The van der Waals surface area contributed by atoms with Crippen molar-refractivity contribution < 1.29 is 32.2 Å². The van der Waals surface area contributed by atoms with Gasteiger partial charge < -0.3 is 19.9 Å². The summed E-state index contributed by atoms with van der Waals surface area (Å²) in [6.45, 7) is 0.0215. The number of nitrogens with zero attached hydrogens (tertiary/aromatic N) is 2. The maximum Gasteiger partial charge on any atom is 0.404 e. The molecule has 0 fully saturated rings. The van der Waals surface area contributed by atoms with Crippen molar-refractivity contribution in [2.24, 2.45) is 0 Å². The number of sulfone groups is 1. The molecule has 164 valence electrons. The Labute approximate surface area is 181 Å². The highest BCUT2D eigenvalue weighted by Crippen LogP contribution is 2.39. The maximum absolute atomic E-state index is 14.4. The lowest BCUT2D eigenvalue weighted by molar-refractivity contribution is 0.194. The molecular weight excluding hydrogens is 449 g/mol. The second kappa shape index (κ2) is 9.27. The zero-order valence-electron chi connectivity index (χ0n) is 16.5. The van der Waals surface area contributed by atoms with Crippen LogP contribution in [-0.4, -0.2) is 50.3 Å². The molecule has 0 spiro atoms. The van der Waals surface area contributed by atoms with Gasteiger partial charge >= 0.3 is 6.09 Å². The van der Waals surface area contributed by atoms with Gasteiger partial charge in [0.1, 0.15) is 5.69 Å². The fourth-order valence-electron chi connectivity index (χ4n) is 2.74. The average molecular weight is 468 g/mol. The Morgan fingerprint density at radius 2 is 1.97 bits per heavy atom. The molecule has 12 heteroatoms. The SMILES string of the molecule is COc1ccc(S(=O)(=O)c2sc(CCNC(=O)O)nc2-c2cccnc2F)cc1OC. The Kier molecular flexibility index (Phi) is 6.71. The predicted molar refractivity (Wildman–Crippen MR) is 110 cm³/mol. The number of aromatic nitrogens is 2. The summed E-state index contributed by atoms with van der Waals surface area (Å²) in [6, 6.07) is 6.96. The van der Waals surface area contributed by atoms with Gasteiger partial charge in [-0.2, -0.15) is 4.39 Å². The lowest BCUT2D eigenvalue weighted by atomic mass is 10.2. The Bertz CT molecular complexity index is 1210. The minimum atomic E-state index is -4.12. The van der Waals surface area contributed by atoms with Crippen LogP contribution in [0.4, 0.5) is 9.18 Å². The zero-order valence-corrected chi connectivity index (χ0v) is 18.1. The predicted octanol–water partition coefficient (Wildman–Crippen LogP) is 3.00. The van der Waals surface area contributed by atoms with Gasteiger partial charge in [0.15, 0.2) is 15.7 Å². The average Bonchev–Trinajstić information content (AvgIpc) is 3.18. The van der Waals surface area contributed by atoms with E-state index in [0.717, 1.165) is 11.3 Å². The van der Waals surface area contributed by atoms with Crippen LogP contribution in [-0.2, 0) is 16.3 Å². The third kappa shape index (κ3) is 4.75. The number of thiazole rings is 1. The van der Waals surface area contributed by atoms with Crippen molar-refractivity contribution in [3.63, 3.8) is 0 Å². The number of carbonyl (C=O) groups is 1. The highest BCUT2D eigenvalue weighted by atomic mass is 32.2. The van der Waals surface area contributed by atoms with Gasteiger partial charge in [-0.3, -0.25) is 0 Å². The molecule has 0 aliphatic rings. The van der Waals surface area contributed by atoms with Crippen molar-refractivity contribution in [3.8, 4) is 22.8 Å². The molecule has 0 unspecified atom stereocenters. The van der Waals surface area contributed by atoms with Crippen LogP contribution in [0, 0.1) is 5.95 Å². The normalized spacial score (nSPS) is 11.2. The number of amides is 1. The third-order valence-electron chi connectivity index (χ3n) is 4.18. The molecule has 31 heavy (non-hydrogen) atoms. The molecule has 0 aliphatic carbocycles. The number of pyridine rings is 1. The first-order valence-corrected chi connectivity index (χ1v) is 11.1. The molecule has 0 saturated carbocycles. The molecule has 0 bridgehead atoms. The summed E-state index contributed by atoms with van der Waals surface area (Å²) >= 11 is 0.841. The van der Waals surface area contributed by atoms with Crippen LogP contribution in [0.3, 0.4) is 0 Å². The number of hydrogen-bond donors (Lipinski definition) is 2. The van der Waals surface area contributed by atoms with E-state index in [1.54, 1.807) is 0 Å². The maximum atomic E-state index is 14.4. The summed E-state index contributed by atoms with van der Waals surface area (Å²) in [5.74, 6) is -0.301. The Morgan fingerprint density at radius 3 is 2.61 bits per heavy atom. The summed E-state index contributed by atoms with van der Waals surface area (Å²) in [7, 11) is -1.32. The van der Waals surface area contributed by atoms with E-state index in [9.17, 15) is 17.6 Å². The van der Waals surface area contributed by atoms with Gasteiger partial charge in [-0.15, -0.1) is 11.3 Å². The van der Waals surface area contributed by atoms with Crippen molar-refractivity contribution in [2.45, 2.75) is 15.5 Å². The highest BCUT2D eigenvalue weighted by molar-refractivity contribution is 7.93. The zero-order chi connectivity index (χ0) is 22.6. The van der Waals surface area contributed by atoms with E-state index < -0.39 is 21.9 Å². The highest BCUT2D eigenvalue weighted by Gasteiger charge is 2.29. The number of ether oxygens (including phenoxy) is 2. The van der Waals surface area contributed by atoms with Crippen LogP contribution in [0.25, 0.3) is 11.3 Å². The first-order chi connectivity index (χ1) is 14.8. The van der Waals surface area contributed by atoms with Gasteiger partial charge in [0.25, 0.3) is 0 Å².